The number of rotatable bonds is 2. The summed E-state index contributed by atoms with van der Waals surface area (Å²) >= 11 is 1.66. The van der Waals surface area contributed by atoms with Crippen molar-refractivity contribution in [2.75, 3.05) is 0 Å². The number of fused-ring (bicyclic) bond motifs is 1. The van der Waals surface area contributed by atoms with Gasteiger partial charge in [0.15, 0.2) is 0 Å². The molecule has 17 heavy (non-hydrogen) atoms. The second-order valence-electron chi connectivity index (χ2n) is 4.03. The number of hydrogen-bond donors (Lipinski definition) is 1. The minimum Gasteiger partial charge on any atom is -0.337 e. The van der Waals surface area contributed by atoms with E-state index >= 15 is 0 Å². The third kappa shape index (κ3) is 1.85. The quantitative estimate of drug-likeness (QED) is 0.747. The number of nitrogens with zero attached hydrogens (tertiary/aromatic N) is 2. The van der Waals surface area contributed by atoms with Crippen LogP contribution >= 0.6 is 11.3 Å². The van der Waals surface area contributed by atoms with Crippen molar-refractivity contribution in [3.05, 3.63) is 35.0 Å². The molecule has 1 aromatic carbocycles. The molecule has 0 spiro atoms. The van der Waals surface area contributed by atoms with Gasteiger partial charge in [0.25, 0.3) is 0 Å². The lowest BCUT2D eigenvalue weighted by molar-refractivity contribution is 1.14. The van der Waals surface area contributed by atoms with Crippen LogP contribution in [0.1, 0.15) is 17.5 Å². The normalized spacial score (nSPS) is 11.2. The van der Waals surface area contributed by atoms with Crippen molar-refractivity contribution in [2.45, 2.75) is 20.3 Å². The Labute approximate surface area is 104 Å². The zero-order valence-corrected chi connectivity index (χ0v) is 10.6. The van der Waals surface area contributed by atoms with E-state index < -0.39 is 0 Å². The lowest BCUT2D eigenvalue weighted by atomic mass is 10.1. The molecule has 0 atom stereocenters. The van der Waals surface area contributed by atoms with Crippen molar-refractivity contribution < 1.29 is 0 Å². The van der Waals surface area contributed by atoms with Crippen LogP contribution in [-0.2, 0) is 6.42 Å². The van der Waals surface area contributed by atoms with Crippen molar-refractivity contribution in [1.82, 2.24) is 15.0 Å². The highest BCUT2D eigenvalue weighted by molar-refractivity contribution is 7.14. The summed E-state index contributed by atoms with van der Waals surface area (Å²) in [4.78, 5) is 13.3. The Bertz CT molecular complexity index is 666. The molecule has 2 heterocycles. The van der Waals surface area contributed by atoms with Crippen molar-refractivity contribution in [3.8, 4) is 10.7 Å². The monoisotopic (exact) mass is 243 g/mol. The van der Waals surface area contributed by atoms with Crippen LogP contribution in [0.15, 0.2) is 24.4 Å². The molecule has 0 aliphatic heterocycles. The first-order chi connectivity index (χ1) is 8.26. The molecule has 0 bridgehead atoms. The minimum absolute atomic E-state index is 0.916. The Morgan fingerprint density at radius 2 is 2.24 bits per heavy atom. The first-order valence-corrected chi connectivity index (χ1v) is 6.49. The number of aromatic nitrogens is 3. The average Bonchev–Trinajstić information content (AvgIpc) is 2.93. The molecule has 0 saturated heterocycles. The summed E-state index contributed by atoms with van der Waals surface area (Å²) in [6.07, 6.45) is 2.92. The van der Waals surface area contributed by atoms with Gasteiger partial charge < -0.3 is 4.98 Å². The Kier molecular flexibility index (Phi) is 2.44. The summed E-state index contributed by atoms with van der Waals surface area (Å²) in [5, 5.41) is 1.06. The molecule has 3 aromatic rings. The zero-order valence-electron chi connectivity index (χ0n) is 9.82. The third-order valence-corrected chi connectivity index (χ3v) is 3.73. The van der Waals surface area contributed by atoms with Gasteiger partial charge in [-0.3, -0.25) is 0 Å². The number of H-pyrrole nitrogens is 1. The van der Waals surface area contributed by atoms with Gasteiger partial charge in [0.1, 0.15) is 5.82 Å². The Morgan fingerprint density at radius 3 is 2.94 bits per heavy atom. The van der Waals surface area contributed by atoms with Gasteiger partial charge in [0.2, 0.25) is 0 Å². The summed E-state index contributed by atoms with van der Waals surface area (Å²) in [5.74, 6) is 0.916. The summed E-state index contributed by atoms with van der Waals surface area (Å²) in [6.45, 7) is 4.16. The molecule has 4 heteroatoms. The molecule has 3 rings (SSSR count). The fraction of sp³-hybridized carbons (Fsp3) is 0.231. The van der Waals surface area contributed by atoms with Gasteiger partial charge in [-0.1, -0.05) is 13.0 Å². The zero-order chi connectivity index (χ0) is 11.8. The molecule has 3 nitrogen and oxygen atoms in total. The first kappa shape index (κ1) is 10.5. The first-order valence-electron chi connectivity index (χ1n) is 5.67. The van der Waals surface area contributed by atoms with Crippen LogP contribution in [0.4, 0.5) is 0 Å². The van der Waals surface area contributed by atoms with Gasteiger partial charge in [0, 0.05) is 6.20 Å². The molecule has 0 saturated carbocycles. The summed E-state index contributed by atoms with van der Waals surface area (Å²) in [5.41, 5.74) is 3.45. The topological polar surface area (TPSA) is 41.6 Å². The van der Waals surface area contributed by atoms with Crippen molar-refractivity contribution >= 4 is 22.4 Å². The van der Waals surface area contributed by atoms with Crippen LogP contribution in [0.25, 0.3) is 21.7 Å². The van der Waals surface area contributed by atoms with Crippen molar-refractivity contribution in [1.29, 1.82) is 0 Å². The molecule has 0 fully saturated rings. The van der Waals surface area contributed by atoms with E-state index in [9.17, 15) is 0 Å². The molecule has 2 aromatic heterocycles. The maximum absolute atomic E-state index is 4.59. The molecule has 1 N–H and O–H groups in total. The lowest BCUT2D eigenvalue weighted by Crippen LogP contribution is -1.78. The van der Waals surface area contributed by atoms with Crippen molar-refractivity contribution in [3.63, 3.8) is 0 Å². The van der Waals surface area contributed by atoms with E-state index in [1.807, 2.05) is 13.1 Å². The Hall–Kier alpha value is -1.68. The molecular weight excluding hydrogens is 230 g/mol. The minimum atomic E-state index is 0.916. The molecule has 86 valence electrons. The van der Waals surface area contributed by atoms with Crippen LogP contribution < -0.4 is 0 Å². The number of benzene rings is 1. The largest absolute Gasteiger partial charge is 0.337 e. The van der Waals surface area contributed by atoms with Gasteiger partial charge in [-0.2, -0.15) is 0 Å². The maximum atomic E-state index is 4.59. The van der Waals surface area contributed by atoms with Crippen LogP contribution in [-0.4, -0.2) is 15.0 Å². The van der Waals surface area contributed by atoms with Crippen LogP contribution in [0.3, 0.4) is 0 Å². The van der Waals surface area contributed by atoms with Crippen LogP contribution in [0, 0.1) is 6.92 Å². The van der Waals surface area contributed by atoms with E-state index in [0.717, 1.165) is 33.2 Å². The second kappa shape index (κ2) is 3.96. The third-order valence-electron chi connectivity index (χ3n) is 2.81. The van der Waals surface area contributed by atoms with Gasteiger partial charge in [-0.05, 0) is 31.0 Å². The molecular formula is C13H13N3S. The standard InChI is InChI=1S/C13H13N3S/c1-3-9-4-5-10-11(6-9)16-13(15-10)12-7-14-8(2)17-12/h4-7H,3H2,1-2H3,(H,15,16). The van der Waals surface area contributed by atoms with E-state index in [4.69, 9.17) is 0 Å². The number of aryl methyl sites for hydroxylation is 2. The van der Waals surface area contributed by atoms with Gasteiger partial charge in [-0.15, -0.1) is 11.3 Å². The van der Waals surface area contributed by atoms with Gasteiger partial charge in [-0.25, -0.2) is 9.97 Å². The van der Waals surface area contributed by atoms with E-state index in [-0.39, 0.29) is 0 Å². The molecule has 0 aliphatic carbocycles. The highest BCUT2D eigenvalue weighted by Crippen LogP contribution is 2.25. The predicted octanol–water partition coefficient (Wildman–Crippen LogP) is 3.56. The highest BCUT2D eigenvalue weighted by Gasteiger charge is 2.07. The lowest BCUT2D eigenvalue weighted by Gasteiger charge is -1.93. The fourth-order valence-electron chi connectivity index (χ4n) is 1.86. The van der Waals surface area contributed by atoms with E-state index in [1.54, 1.807) is 11.3 Å². The molecule has 0 amide bonds. The summed E-state index contributed by atoms with van der Waals surface area (Å²) < 4.78 is 0. The molecule has 0 radical (unpaired) electrons. The number of nitrogens with one attached hydrogen (secondary N) is 1. The van der Waals surface area contributed by atoms with E-state index in [2.05, 4.69) is 40.1 Å². The Morgan fingerprint density at radius 1 is 1.35 bits per heavy atom. The fourth-order valence-corrected chi connectivity index (χ4v) is 2.59. The summed E-state index contributed by atoms with van der Waals surface area (Å²) in [6, 6.07) is 6.37. The van der Waals surface area contributed by atoms with Crippen molar-refractivity contribution in [2.24, 2.45) is 0 Å². The van der Waals surface area contributed by atoms with E-state index in [1.165, 1.54) is 5.56 Å². The number of aromatic amines is 1. The predicted molar refractivity (Wildman–Crippen MR) is 71.3 cm³/mol. The molecule has 0 unspecified atom stereocenters. The van der Waals surface area contributed by atoms with E-state index in [0.29, 0.717) is 0 Å². The maximum Gasteiger partial charge on any atom is 0.150 e. The van der Waals surface area contributed by atoms with Gasteiger partial charge in [0.05, 0.1) is 20.9 Å². The number of hydrogen-bond acceptors (Lipinski definition) is 3. The smallest absolute Gasteiger partial charge is 0.150 e. The average molecular weight is 243 g/mol. The highest BCUT2D eigenvalue weighted by atomic mass is 32.1. The van der Waals surface area contributed by atoms with Gasteiger partial charge >= 0.3 is 0 Å². The van der Waals surface area contributed by atoms with Crippen LogP contribution in [0.5, 0.6) is 0 Å². The second-order valence-corrected chi connectivity index (χ2v) is 5.27. The number of thiazole rings is 1. The SMILES string of the molecule is CCc1ccc2nc(-c3cnc(C)s3)[nH]c2c1. The Balaban J connectivity index is 2.13. The molecule has 0 aliphatic rings. The number of imidazole rings is 1. The van der Waals surface area contributed by atoms with Crippen LogP contribution in [0.2, 0.25) is 0 Å². The summed E-state index contributed by atoms with van der Waals surface area (Å²) in [7, 11) is 0.